The van der Waals surface area contributed by atoms with Crippen LogP contribution in [0.2, 0.25) is 5.02 Å². The largest absolute Gasteiger partial charge is 0.355 e. The second kappa shape index (κ2) is 10.5. The molecule has 1 aliphatic rings. The van der Waals surface area contributed by atoms with E-state index < -0.39 is 16.9 Å². The smallest absolute Gasteiger partial charge is 0.350 e. The average Bonchev–Trinajstić information content (AvgIpc) is 2.92. The van der Waals surface area contributed by atoms with Crippen LogP contribution in [0.1, 0.15) is 33.4 Å². The Hall–Kier alpha value is -4.11. The Labute approximate surface area is 236 Å². The number of hydrogen-bond acceptors (Lipinski definition) is 6. The van der Waals surface area contributed by atoms with Crippen LogP contribution in [0.25, 0.3) is 28.0 Å². The van der Waals surface area contributed by atoms with E-state index in [0.29, 0.717) is 42.2 Å². The predicted molar refractivity (Wildman–Crippen MR) is 156 cm³/mol. The normalized spacial score (nSPS) is 15.9. The van der Waals surface area contributed by atoms with Crippen molar-refractivity contribution in [1.82, 2.24) is 24.4 Å². The van der Waals surface area contributed by atoms with Crippen molar-refractivity contribution < 1.29 is 9.18 Å². The van der Waals surface area contributed by atoms with Crippen LogP contribution >= 0.6 is 11.6 Å². The molecule has 206 valence electrons. The van der Waals surface area contributed by atoms with Gasteiger partial charge in [0.15, 0.2) is 5.65 Å². The Kier molecular flexibility index (Phi) is 7.18. The van der Waals surface area contributed by atoms with Gasteiger partial charge in [-0.1, -0.05) is 51.1 Å². The summed E-state index contributed by atoms with van der Waals surface area (Å²) in [4.78, 5) is 43.7. The zero-order valence-corrected chi connectivity index (χ0v) is 23.6. The molecular weight excluding hydrogens is 531 g/mol. The number of halogens is 2. The lowest BCUT2D eigenvalue weighted by molar-refractivity contribution is -0.126. The van der Waals surface area contributed by atoms with Crippen molar-refractivity contribution in [2.24, 2.45) is 0 Å². The highest BCUT2D eigenvalue weighted by Gasteiger charge is 2.31. The van der Waals surface area contributed by atoms with E-state index in [2.05, 4.69) is 16.5 Å². The molecule has 0 N–H and O–H groups in total. The highest BCUT2D eigenvalue weighted by Crippen LogP contribution is 2.36. The summed E-state index contributed by atoms with van der Waals surface area (Å²) in [5, 5.41) is 0.755. The summed E-state index contributed by atoms with van der Waals surface area (Å²) >= 11 is 6.74. The van der Waals surface area contributed by atoms with Crippen LogP contribution in [0.4, 0.5) is 10.2 Å². The van der Waals surface area contributed by atoms with Gasteiger partial charge >= 0.3 is 5.69 Å². The summed E-state index contributed by atoms with van der Waals surface area (Å²) in [6.07, 6.45) is 2.98. The van der Waals surface area contributed by atoms with Gasteiger partial charge in [0, 0.05) is 42.9 Å². The lowest BCUT2D eigenvalue weighted by atomic mass is 9.90. The number of anilines is 1. The topological polar surface area (TPSA) is 84.2 Å². The third kappa shape index (κ3) is 4.86. The molecule has 4 heterocycles. The molecule has 1 atom stereocenters. The van der Waals surface area contributed by atoms with Gasteiger partial charge in [0.1, 0.15) is 11.6 Å². The third-order valence-electron chi connectivity index (χ3n) is 7.05. The van der Waals surface area contributed by atoms with Crippen LogP contribution in [0, 0.1) is 5.82 Å². The second-order valence-corrected chi connectivity index (χ2v) is 11.3. The zero-order chi connectivity index (χ0) is 28.8. The number of aromatic nitrogens is 4. The van der Waals surface area contributed by atoms with Gasteiger partial charge in [0.25, 0.3) is 0 Å². The number of carbonyl (C=O) groups excluding carboxylic acids is 1. The molecule has 10 heteroatoms. The van der Waals surface area contributed by atoms with Crippen molar-refractivity contribution in [2.45, 2.75) is 39.2 Å². The molecule has 0 saturated carbocycles. The number of carbonyl (C=O) groups is 1. The molecule has 0 spiro atoms. The van der Waals surface area contributed by atoms with E-state index in [4.69, 9.17) is 16.6 Å². The molecule has 8 nitrogen and oxygen atoms in total. The summed E-state index contributed by atoms with van der Waals surface area (Å²) < 4.78 is 16.3. The first kappa shape index (κ1) is 27.5. The summed E-state index contributed by atoms with van der Waals surface area (Å²) in [6.45, 7) is 12.9. The number of amides is 1. The van der Waals surface area contributed by atoms with E-state index in [9.17, 15) is 14.0 Å². The summed E-state index contributed by atoms with van der Waals surface area (Å²) in [6, 6.07) is 11.3. The maximum Gasteiger partial charge on any atom is 0.355 e. The Morgan fingerprint density at radius 2 is 1.90 bits per heavy atom. The molecule has 1 saturated heterocycles. The number of fused-ring (bicyclic) bond motifs is 1. The van der Waals surface area contributed by atoms with E-state index in [-0.39, 0.29) is 33.9 Å². The Balaban J connectivity index is 1.80. The van der Waals surface area contributed by atoms with Gasteiger partial charge in [-0.05, 0) is 43.3 Å². The monoisotopic (exact) mass is 560 g/mol. The zero-order valence-electron chi connectivity index (χ0n) is 22.9. The lowest BCUT2D eigenvalue weighted by Gasteiger charge is -2.40. The summed E-state index contributed by atoms with van der Waals surface area (Å²) in [5.41, 5.74) is 0.992. The van der Waals surface area contributed by atoms with E-state index in [1.807, 2.05) is 32.6 Å². The van der Waals surface area contributed by atoms with Crippen LogP contribution in [-0.4, -0.2) is 56.0 Å². The van der Waals surface area contributed by atoms with Crippen molar-refractivity contribution in [3.8, 4) is 16.9 Å². The first-order chi connectivity index (χ1) is 19.0. The standard InChI is InChI=1S/C30H30ClFN6O2/c1-6-24(39)36-14-15-37(18(2)17-36)27-20-16-21(31)25(19-10-7-8-11-22(19)32)34-28(20)38(29(40)35-27)23-12-9-13-33-26(23)30(3,4)5/h6-13,16,18H,1,14-15,17H2,2-5H3. The highest BCUT2D eigenvalue weighted by atomic mass is 35.5. The van der Waals surface area contributed by atoms with Crippen molar-refractivity contribution in [1.29, 1.82) is 0 Å². The van der Waals surface area contributed by atoms with Gasteiger partial charge < -0.3 is 9.80 Å². The first-order valence-corrected chi connectivity index (χ1v) is 13.4. The van der Waals surface area contributed by atoms with E-state index in [0.717, 1.165) is 0 Å². The van der Waals surface area contributed by atoms with Gasteiger partial charge in [-0.25, -0.2) is 18.7 Å². The first-order valence-electron chi connectivity index (χ1n) is 13.0. The lowest BCUT2D eigenvalue weighted by Crippen LogP contribution is -2.54. The molecule has 4 aromatic rings. The summed E-state index contributed by atoms with van der Waals surface area (Å²) in [5.74, 6) is -0.219. The van der Waals surface area contributed by atoms with Gasteiger partial charge in [-0.2, -0.15) is 4.98 Å². The van der Waals surface area contributed by atoms with Gasteiger partial charge in [0.05, 0.1) is 27.5 Å². The average molecular weight is 561 g/mol. The van der Waals surface area contributed by atoms with Gasteiger partial charge in [-0.3, -0.25) is 9.78 Å². The SMILES string of the molecule is C=CC(=O)N1CCN(c2nc(=O)n(-c3cccnc3C(C)(C)C)c3nc(-c4ccccc4F)c(Cl)cc23)C(C)C1. The Morgan fingerprint density at radius 1 is 1.15 bits per heavy atom. The number of hydrogen-bond donors (Lipinski definition) is 0. The fourth-order valence-electron chi connectivity index (χ4n) is 5.14. The highest BCUT2D eigenvalue weighted by molar-refractivity contribution is 6.33. The molecule has 0 aliphatic carbocycles. The molecule has 1 unspecified atom stereocenters. The second-order valence-electron chi connectivity index (χ2n) is 10.9. The minimum Gasteiger partial charge on any atom is -0.350 e. The fourth-order valence-corrected chi connectivity index (χ4v) is 5.39. The quantitative estimate of drug-likeness (QED) is 0.321. The number of pyridine rings is 2. The molecule has 40 heavy (non-hydrogen) atoms. The van der Waals surface area contributed by atoms with E-state index in [1.54, 1.807) is 47.5 Å². The maximum absolute atomic E-state index is 14.9. The van der Waals surface area contributed by atoms with Crippen molar-refractivity contribution in [3.05, 3.63) is 88.3 Å². The molecule has 1 fully saturated rings. The van der Waals surface area contributed by atoms with Crippen LogP contribution < -0.4 is 10.6 Å². The van der Waals surface area contributed by atoms with Crippen LogP contribution in [0.5, 0.6) is 0 Å². The van der Waals surface area contributed by atoms with E-state index >= 15 is 0 Å². The number of benzene rings is 1. The summed E-state index contributed by atoms with van der Waals surface area (Å²) in [7, 11) is 0. The fraction of sp³-hybridized carbons (Fsp3) is 0.300. The predicted octanol–water partition coefficient (Wildman–Crippen LogP) is 5.16. The molecule has 0 radical (unpaired) electrons. The van der Waals surface area contributed by atoms with Crippen molar-refractivity contribution >= 4 is 34.4 Å². The van der Waals surface area contributed by atoms with Crippen LogP contribution in [0.3, 0.4) is 0 Å². The van der Waals surface area contributed by atoms with Gasteiger partial charge in [0.2, 0.25) is 5.91 Å². The molecule has 1 aromatic carbocycles. The van der Waals surface area contributed by atoms with Crippen molar-refractivity contribution in [3.63, 3.8) is 0 Å². The maximum atomic E-state index is 14.9. The van der Waals surface area contributed by atoms with Gasteiger partial charge in [-0.15, -0.1) is 0 Å². The third-order valence-corrected chi connectivity index (χ3v) is 7.34. The molecular formula is C30H30ClFN6O2. The molecule has 1 amide bonds. The minimum atomic E-state index is -0.549. The van der Waals surface area contributed by atoms with Crippen molar-refractivity contribution in [2.75, 3.05) is 24.5 Å². The Morgan fingerprint density at radius 3 is 2.58 bits per heavy atom. The molecule has 1 aliphatic heterocycles. The molecule has 5 rings (SSSR count). The number of rotatable bonds is 4. The minimum absolute atomic E-state index is 0.148. The van der Waals surface area contributed by atoms with E-state index in [1.165, 1.54) is 16.7 Å². The number of piperazine rings is 1. The Bertz CT molecular complexity index is 1700. The molecule has 0 bridgehead atoms. The number of nitrogens with zero attached hydrogens (tertiary/aromatic N) is 6. The molecule has 3 aromatic heterocycles. The van der Waals surface area contributed by atoms with Crippen LogP contribution in [0.15, 0.2) is 66.1 Å². The van der Waals surface area contributed by atoms with Crippen LogP contribution in [-0.2, 0) is 10.2 Å².